The zero-order valence-corrected chi connectivity index (χ0v) is 40.2. The molecular formula is C34H61B2ClF10K2N4O5. The van der Waals surface area contributed by atoms with Gasteiger partial charge in [0.25, 0.3) is 6.47 Å². The molecule has 0 aromatic heterocycles. The minimum absolute atomic E-state index is 0. The average molecular weight is 931 g/mol. The van der Waals surface area contributed by atoms with Gasteiger partial charge >= 0.3 is 118 Å². The Labute approximate surface area is 430 Å². The van der Waals surface area contributed by atoms with Gasteiger partial charge in [0.15, 0.2) is 43.0 Å². The van der Waals surface area contributed by atoms with E-state index >= 15 is 0 Å². The number of likely N-dealkylation sites (tertiary alicyclic amines) is 2. The van der Waals surface area contributed by atoms with Gasteiger partial charge in [0.05, 0.1) is 5.70 Å². The van der Waals surface area contributed by atoms with E-state index < -0.39 is 20.9 Å². The number of quaternary nitrogens is 2. The van der Waals surface area contributed by atoms with Crippen LogP contribution in [0.15, 0.2) is 23.3 Å². The Morgan fingerprint density at radius 2 is 1.14 bits per heavy atom. The van der Waals surface area contributed by atoms with Gasteiger partial charge in [-0.25, -0.2) is 4.39 Å². The summed E-state index contributed by atoms with van der Waals surface area (Å²) >= 11 is 5.85. The summed E-state index contributed by atoms with van der Waals surface area (Å²) < 4.78 is 86.0. The number of Topliss-reactive ketones (excluding diaryl/α,β-unsaturated/α-hetero) is 1. The van der Waals surface area contributed by atoms with Crippen molar-refractivity contribution >= 4 is 44.7 Å². The second-order valence-electron chi connectivity index (χ2n) is 15.2. The molecule has 0 atom stereocenters. The van der Waals surface area contributed by atoms with Gasteiger partial charge in [-0.3, -0.25) is 44.8 Å². The van der Waals surface area contributed by atoms with E-state index in [1.54, 1.807) is 0 Å². The summed E-state index contributed by atoms with van der Waals surface area (Å²) in [6, 6.07) is 0.667. The minimum Gasteiger partial charge on any atom is -1.00 e. The molecule has 0 aromatic carbocycles. The number of alkyl halides is 1. The number of piperazine rings is 3. The molecule has 5 saturated heterocycles. The number of halogens is 11. The predicted octanol–water partition coefficient (Wildman–Crippen LogP) is -4.67. The zero-order valence-electron chi connectivity index (χ0n) is 34.2. The van der Waals surface area contributed by atoms with Crippen LogP contribution in [-0.4, -0.2) is 124 Å². The zero-order chi connectivity index (χ0) is 39.8. The molecule has 0 N–H and O–H groups in total. The van der Waals surface area contributed by atoms with E-state index in [1.165, 1.54) is 18.5 Å². The van der Waals surface area contributed by atoms with Crippen molar-refractivity contribution in [2.45, 2.75) is 93.9 Å². The van der Waals surface area contributed by atoms with E-state index in [9.17, 15) is 44.4 Å². The van der Waals surface area contributed by atoms with E-state index in [2.05, 4.69) is 23.6 Å². The molecular weight excluding hydrogens is 870 g/mol. The molecule has 2 aliphatic carbocycles. The summed E-state index contributed by atoms with van der Waals surface area (Å²) in [6.07, 6.45) is 9.50. The Bertz CT molecular complexity index is 1200. The van der Waals surface area contributed by atoms with Crippen LogP contribution in [0.4, 0.5) is 34.8 Å². The maximum atomic E-state index is 13.7. The van der Waals surface area contributed by atoms with Crippen molar-refractivity contribution in [3.8, 4) is 0 Å². The number of hydrogen-bond donors (Lipinski definition) is 0. The van der Waals surface area contributed by atoms with E-state index in [0.29, 0.717) is 56.4 Å². The van der Waals surface area contributed by atoms with E-state index in [-0.39, 0.29) is 156 Å². The Morgan fingerprint density at radius 3 is 1.48 bits per heavy atom. The third-order valence-electron chi connectivity index (χ3n) is 9.64. The summed E-state index contributed by atoms with van der Waals surface area (Å²) in [4.78, 5) is 38.7. The molecule has 7 aliphatic rings. The van der Waals surface area contributed by atoms with Gasteiger partial charge in [-0.2, -0.15) is 0 Å². The van der Waals surface area contributed by atoms with Crippen molar-refractivity contribution < 1.29 is 182 Å². The van der Waals surface area contributed by atoms with Crippen LogP contribution in [0.1, 0.15) is 95.3 Å². The second-order valence-corrected chi connectivity index (χ2v) is 15.5. The largest absolute Gasteiger partial charge is 1.00 e. The van der Waals surface area contributed by atoms with Crippen LogP contribution in [0.2, 0.25) is 0 Å². The average Bonchev–Trinajstić information content (AvgIpc) is 3.78. The van der Waals surface area contributed by atoms with Crippen LogP contribution in [0, 0.1) is 10.8 Å². The monoisotopic (exact) mass is 930 g/mol. The molecule has 2 bridgehead atoms. The molecule has 0 spiro atoms. The van der Waals surface area contributed by atoms with Crippen LogP contribution < -0.4 is 117 Å². The maximum absolute atomic E-state index is 13.7. The van der Waals surface area contributed by atoms with Crippen molar-refractivity contribution in [2.75, 3.05) is 71.5 Å². The van der Waals surface area contributed by atoms with Crippen molar-refractivity contribution in [2.24, 2.45) is 10.8 Å². The Morgan fingerprint density at radius 1 is 0.776 bits per heavy atom. The first-order valence-corrected chi connectivity index (χ1v) is 17.8. The van der Waals surface area contributed by atoms with Gasteiger partial charge in [0.1, 0.15) is 19.6 Å². The van der Waals surface area contributed by atoms with Crippen molar-refractivity contribution in [3.63, 3.8) is 0 Å². The van der Waals surface area contributed by atoms with Gasteiger partial charge in [0, 0.05) is 50.8 Å². The summed E-state index contributed by atoms with van der Waals surface area (Å²) in [5.41, 5.74) is 2.03. The Hall–Kier alpha value is 0.763. The molecule has 58 heavy (non-hydrogen) atoms. The first-order valence-electron chi connectivity index (χ1n) is 17.3. The van der Waals surface area contributed by atoms with Gasteiger partial charge in [0.2, 0.25) is 0 Å². The van der Waals surface area contributed by atoms with Crippen molar-refractivity contribution in [3.05, 3.63) is 23.3 Å². The third kappa shape index (κ3) is 27.7. The van der Waals surface area contributed by atoms with Crippen LogP contribution in [-0.2, 0) is 19.3 Å². The van der Waals surface area contributed by atoms with Crippen LogP contribution >= 0.6 is 11.6 Å². The summed E-state index contributed by atoms with van der Waals surface area (Å²) in [6.45, 7) is 17.2. The third-order valence-corrected chi connectivity index (χ3v) is 10.1. The number of fused-ring (bicyclic) bond motifs is 3. The topological polar surface area (TPSA) is 90.0 Å². The molecule has 5 fully saturated rings. The van der Waals surface area contributed by atoms with Gasteiger partial charge in [-0.1, -0.05) is 54.1 Å². The van der Waals surface area contributed by atoms with E-state index in [1.807, 2.05) is 24.8 Å². The van der Waals surface area contributed by atoms with Gasteiger partial charge in [-0.05, 0) is 53.8 Å². The predicted molar refractivity (Wildman–Crippen MR) is 195 cm³/mol. The SMILES string of the molecule is C.C.CC1(C)CC(=O)C(F)=C(N2CCCC2)C1.CC1(C)CC(=O)C=C(N2CCCC2)C1.FB(F)F.FB(F)F.F[N+]12CC[N+](CCl)(CC1)CC2.O=CO[O-].[F-].[F-].[H-].[K+].[K+]. The molecule has 9 nitrogen and oxygen atoms in total. The number of hydrogen-bond acceptors (Lipinski definition) is 7. The molecule has 0 saturated carbocycles. The summed E-state index contributed by atoms with van der Waals surface area (Å²) in [5, 5.41) is 8.43. The molecule has 7 rings (SSSR count). The van der Waals surface area contributed by atoms with Crippen LogP contribution in [0.3, 0.4) is 0 Å². The quantitative estimate of drug-likeness (QED) is 0.0323. The fourth-order valence-corrected chi connectivity index (χ4v) is 7.41. The fourth-order valence-electron chi connectivity index (χ4n) is 7.05. The van der Waals surface area contributed by atoms with Crippen molar-refractivity contribution in [1.82, 2.24) is 9.80 Å². The minimum atomic E-state index is -3.67. The van der Waals surface area contributed by atoms with E-state index in [0.717, 1.165) is 69.6 Å². The number of carbonyl (C=O) groups excluding carboxylic acids is 3. The number of ketones is 2. The maximum Gasteiger partial charge on any atom is 1.00 e. The molecule has 332 valence electrons. The standard InChI is InChI=1S/C12H18FNO.C12H19NO.C7H14ClFN2.CH2O3.2CH4.2BF3.2FH.2K.H/c1-12(2)7-9(11(13)10(15)8-12)14-5-3-4-6-14;1-12(2)8-10(7-11(14)9-12)13-5-3-4-6-13;8-7-10-1-4-11(9,5-2-10)6-3-10;2-1-4-3;;;2*2-1(3)4;;;;;/h3-8H2,1-2H3;7H,3-6,8-9H2,1-2H3;1-7H2;1,3H;2*1H4;;;2*1H;;;/q;;+2;;;;;;;;2*+1;-1/p-3. The van der Waals surface area contributed by atoms with Crippen LogP contribution in [0.5, 0.6) is 0 Å². The molecule has 0 unspecified atom stereocenters. The molecule has 0 aromatic rings. The Balaban J connectivity index is -0.000000116. The Kier molecular flexibility index (Phi) is 41.5. The fraction of sp³-hybridized carbons (Fsp3) is 0.794. The van der Waals surface area contributed by atoms with Crippen molar-refractivity contribution in [1.29, 1.82) is 0 Å². The first-order chi connectivity index (χ1) is 24.1. The normalized spacial score (nSPS) is 23.9. The molecule has 0 amide bonds. The summed E-state index contributed by atoms with van der Waals surface area (Å²) in [5.74, 6) is -0.479. The molecule has 0 radical (unpaired) electrons. The number of allylic oxidation sites excluding steroid dienone is 4. The smallest absolute Gasteiger partial charge is 1.00 e. The molecule has 24 heteroatoms. The first kappa shape index (κ1) is 70.4. The molecule has 5 aliphatic heterocycles. The van der Waals surface area contributed by atoms with Gasteiger partial charge < -0.3 is 30.8 Å². The van der Waals surface area contributed by atoms with Gasteiger partial charge in [-0.15, -0.1) is 4.71 Å². The second kappa shape index (κ2) is 34.2. The number of carbonyl (C=O) groups is 3. The van der Waals surface area contributed by atoms with E-state index in [4.69, 9.17) is 21.7 Å². The van der Waals surface area contributed by atoms with Crippen LogP contribution in [0.25, 0.3) is 0 Å². The number of rotatable bonds is 4. The summed E-state index contributed by atoms with van der Waals surface area (Å²) in [7, 11) is -7.33. The number of nitrogens with zero attached hydrogens (tertiary/aromatic N) is 4. The molecule has 5 heterocycles.